The van der Waals surface area contributed by atoms with E-state index in [1.807, 2.05) is 19.9 Å². The molecule has 0 saturated carbocycles. The number of carbonyl (C=O) groups is 1. The molecule has 7 heteroatoms. The van der Waals surface area contributed by atoms with Gasteiger partial charge in [-0.05, 0) is 42.8 Å². The third kappa shape index (κ3) is 5.84. The van der Waals surface area contributed by atoms with Gasteiger partial charge in [0.25, 0.3) is 5.91 Å². The van der Waals surface area contributed by atoms with Crippen LogP contribution < -0.4 is 16.5 Å². The van der Waals surface area contributed by atoms with Crippen LogP contribution in [0.2, 0.25) is 0 Å². The Kier molecular flexibility index (Phi) is 8.78. The van der Waals surface area contributed by atoms with E-state index >= 15 is 0 Å². The molecular formula is C19H23FN4O2. The van der Waals surface area contributed by atoms with Gasteiger partial charge in [-0.15, -0.1) is 0 Å². The van der Waals surface area contributed by atoms with Crippen LogP contribution in [0.4, 0.5) is 15.8 Å². The molecule has 0 heterocycles. The lowest BCUT2D eigenvalue weighted by atomic mass is 10.1. The van der Waals surface area contributed by atoms with Crippen LogP contribution in [0.1, 0.15) is 35.3 Å². The van der Waals surface area contributed by atoms with E-state index in [-0.39, 0.29) is 24.4 Å². The van der Waals surface area contributed by atoms with Crippen molar-refractivity contribution in [2.75, 3.05) is 18.5 Å². The van der Waals surface area contributed by atoms with Crippen LogP contribution >= 0.6 is 0 Å². The highest BCUT2D eigenvalue weighted by atomic mass is 19.1. The Morgan fingerprint density at radius 1 is 1.23 bits per heavy atom. The average Bonchev–Trinajstić information content (AvgIpc) is 2.65. The Labute approximate surface area is 152 Å². The molecule has 26 heavy (non-hydrogen) atoms. The van der Waals surface area contributed by atoms with Crippen molar-refractivity contribution in [3.8, 4) is 6.07 Å². The van der Waals surface area contributed by atoms with Crippen molar-refractivity contribution >= 4 is 17.3 Å². The quantitative estimate of drug-likeness (QED) is 0.543. The molecule has 0 aliphatic carbocycles. The molecule has 0 bridgehead atoms. The molecule has 0 saturated heterocycles. The van der Waals surface area contributed by atoms with Crippen LogP contribution in [-0.4, -0.2) is 19.1 Å². The van der Waals surface area contributed by atoms with Crippen molar-refractivity contribution in [1.82, 2.24) is 5.48 Å². The Balaban J connectivity index is 0.00000163. The molecule has 0 aliphatic heterocycles. The summed E-state index contributed by atoms with van der Waals surface area (Å²) in [6.07, 6.45) is 0. The highest BCUT2D eigenvalue weighted by Crippen LogP contribution is 2.25. The second-order valence-electron chi connectivity index (χ2n) is 5.05. The average molecular weight is 358 g/mol. The number of nitrogens with zero attached hydrogens (tertiary/aromatic N) is 1. The predicted octanol–water partition coefficient (Wildman–Crippen LogP) is 3.40. The van der Waals surface area contributed by atoms with Crippen LogP contribution in [0.25, 0.3) is 0 Å². The first-order chi connectivity index (χ1) is 12.5. The molecule has 0 fully saturated rings. The van der Waals surface area contributed by atoms with E-state index in [0.29, 0.717) is 11.3 Å². The first-order valence-electron chi connectivity index (χ1n) is 8.24. The molecule has 0 spiro atoms. The van der Waals surface area contributed by atoms with Gasteiger partial charge in [0, 0.05) is 6.54 Å². The summed E-state index contributed by atoms with van der Waals surface area (Å²) >= 11 is 0. The lowest BCUT2D eigenvalue weighted by Crippen LogP contribution is -2.27. The lowest BCUT2D eigenvalue weighted by Gasteiger charge is -2.13. The zero-order valence-corrected chi connectivity index (χ0v) is 15.1. The number of hydrogen-bond acceptors (Lipinski definition) is 5. The SMILES string of the molecule is CC.Cc1ccc(Nc2cc(C#N)ccc2C(=O)NOCCN)c(F)c1. The zero-order valence-electron chi connectivity index (χ0n) is 15.1. The molecule has 0 aromatic heterocycles. The number of carbonyl (C=O) groups excluding carboxylic acids is 1. The molecule has 2 rings (SSSR count). The topological polar surface area (TPSA) is 100 Å². The predicted molar refractivity (Wildman–Crippen MR) is 99.4 cm³/mol. The van der Waals surface area contributed by atoms with Gasteiger partial charge in [0.1, 0.15) is 5.82 Å². The summed E-state index contributed by atoms with van der Waals surface area (Å²) in [5.74, 6) is -0.980. The molecule has 2 aromatic rings. The number of nitriles is 1. The van der Waals surface area contributed by atoms with Gasteiger partial charge in [0.05, 0.1) is 35.2 Å². The summed E-state index contributed by atoms with van der Waals surface area (Å²) < 4.78 is 14.0. The Hall–Kier alpha value is -2.95. The van der Waals surface area contributed by atoms with Gasteiger partial charge in [0.15, 0.2) is 0 Å². The number of hydrogen-bond donors (Lipinski definition) is 3. The highest BCUT2D eigenvalue weighted by molar-refractivity contribution is 6.00. The van der Waals surface area contributed by atoms with Crippen LogP contribution in [0.5, 0.6) is 0 Å². The van der Waals surface area contributed by atoms with Crippen LogP contribution in [0.3, 0.4) is 0 Å². The number of halogens is 1. The maximum atomic E-state index is 14.0. The van der Waals surface area contributed by atoms with E-state index in [2.05, 4.69) is 10.8 Å². The second kappa shape index (κ2) is 10.8. The Morgan fingerprint density at radius 3 is 2.58 bits per heavy atom. The standard InChI is InChI=1S/C17H17FN4O2.C2H6/c1-11-2-5-15(14(18)8-11)21-16-9-12(10-20)3-4-13(16)17(23)22-24-7-6-19;1-2/h2-5,8-9,21H,6-7,19H2,1H3,(H,22,23);1-2H3. The monoisotopic (exact) mass is 358 g/mol. The number of rotatable bonds is 6. The van der Waals surface area contributed by atoms with Gasteiger partial charge in [-0.25, -0.2) is 9.87 Å². The van der Waals surface area contributed by atoms with E-state index in [4.69, 9.17) is 15.8 Å². The van der Waals surface area contributed by atoms with Crippen molar-refractivity contribution in [3.05, 3.63) is 58.9 Å². The number of benzene rings is 2. The summed E-state index contributed by atoms with van der Waals surface area (Å²) in [6.45, 7) is 6.20. The zero-order chi connectivity index (χ0) is 19.5. The van der Waals surface area contributed by atoms with Crippen molar-refractivity contribution in [1.29, 1.82) is 5.26 Å². The maximum Gasteiger partial charge on any atom is 0.276 e. The fourth-order valence-electron chi connectivity index (χ4n) is 2.01. The smallest absolute Gasteiger partial charge is 0.276 e. The van der Waals surface area contributed by atoms with Crippen molar-refractivity contribution in [2.45, 2.75) is 20.8 Å². The first kappa shape index (κ1) is 21.1. The summed E-state index contributed by atoms with van der Waals surface area (Å²) in [4.78, 5) is 17.1. The third-order valence-corrected chi connectivity index (χ3v) is 3.17. The number of anilines is 2. The molecule has 0 unspecified atom stereocenters. The van der Waals surface area contributed by atoms with Crippen molar-refractivity contribution in [3.63, 3.8) is 0 Å². The Morgan fingerprint density at radius 2 is 1.96 bits per heavy atom. The minimum Gasteiger partial charge on any atom is -0.352 e. The van der Waals surface area contributed by atoms with E-state index in [9.17, 15) is 9.18 Å². The molecule has 0 atom stereocenters. The van der Waals surface area contributed by atoms with Gasteiger partial charge in [0.2, 0.25) is 0 Å². The number of aryl methyl sites for hydroxylation is 1. The lowest BCUT2D eigenvalue weighted by molar-refractivity contribution is 0.0344. The number of nitrogens with one attached hydrogen (secondary N) is 2. The van der Waals surface area contributed by atoms with Gasteiger partial charge in [-0.1, -0.05) is 19.9 Å². The van der Waals surface area contributed by atoms with Gasteiger partial charge < -0.3 is 11.1 Å². The molecule has 6 nitrogen and oxygen atoms in total. The fraction of sp³-hybridized carbons (Fsp3) is 0.263. The summed E-state index contributed by atoms with van der Waals surface area (Å²) in [6, 6.07) is 11.1. The highest BCUT2D eigenvalue weighted by Gasteiger charge is 2.14. The Bertz CT molecular complexity index is 788. The summed E-state index contributed by atoms with van der Waals surface area (Å²) in [5, 5.41) is 11.9. The van der Waals surface area contributed by atoms with E-state index in [1.165, 1.54) is 24.3 Å². The minimum absolute atomic E-state index is 0.164. The van der Waals surface area contributed by atoms with Crippen LogP contribution in [-0.2, 0) is 4.84 Å². The van der Waals surface area contributed by atoms with Gasteiger partial charge in [-0.2, -0.15) is 5.26 Å². The number of nitrogens with two attached hydrogens (primary N) is 1. The largest absolute Gasteiger partial charge is 0.352 e. The number of amides is 1. The van der Waals surface area contributed by atoms with E-state index < -0.39 is 11.7 Å². The minimum atomic E-state index is -0.525. The number of hydroxylamine groups is 1. The molecular weight excluding hydrogens is 335 g/mol. The van der Waals surface area contributed by atoms with Crippen molar-refractivity contribution < 1.29 is 14.0 Å². The van der Waals surface area contributed by atoms with E-state index in [0.717, 1.165) is 5.56 Å². The van der Waals surface area contributed by atoms with Crippen molar-refractivity contribution in [2.24, 2.45) is 5.73 Å². The second-order valence-corrected chi connectivity index (χ2v) is 5.05. The summed E-state index contributed by atoms with van der Waals surface area (Å²) in [5.41, 5.74) is 9.36. The van der Waals surface area contributed by atoms with Crippen LogP contribution in [0, 0.1) is 24.1 Å². The molecule has 2 aromatic carbocycles. The summed E-state index contributed by atoms with van der Waals surface area (Å²) in [7, 11) is 0. The molecule has 138 valence electrons. The molecule has 1 amide bonds. The molecule has 4 N–H and O–H groups in total. The van der Waals surface area contributed by atoms with Gasteiger partial charge >= 0.3 is 0 Å². The molecule has 0 radical (unpaired) electrons. The van der Waals surface area contributed by atoms with Crippen LogP contribution in [0.15, 0.2) is 36.4 Å². The van der Waals surface area contributed by atoms with Gasteiger partial charge in [-0.3, -0.25) is 9.63 Å². The molecule has 0 aliphatic rings. The van der Waals surface area contributed by atoms with E-state index in [1.54, 1.807) is 19.1 Å². The normalized spacial score (nSPS) is 9.54. The fourth-order valence-corrected chi connectivity index (χ4v) is 2.01. The first-order valence-corrected chi connectivity index (χ1v) is 8.24. The third-order valence-electron chi connectivity index (χ3n) is 3.17. The maximum absolute atomic E-state index is 14.0.